The summed E-state index contributed by atoms with van der Waals surface area (Å²) in [5, 5.41) is 3.25. The first-order valence-electron chi connectivity index (χ1n) is 6.04. The van der Waals surface area contributed by atoms with Gasteiger partial charge in [-0.1, -0.05) is 24.3 Å². The molecule has 21 heavy (non-hydrogen) atoms. The van der Waals surface area contributed by atoms with Gasteiger partial charge in [-0.2, -0.15) is 8.78 Å². The van der Waals surface area contributed by atoms with Crippen molar-refractivity contribution in [1.29, 1.82) is 0 Å². The summed E-state index contributed by atoms with van der Waals surface area (Å²) in [4.78, 5) is 11.8. The van der Waals surface area contributed by atoms with Crippen LogP contribution >= 0.6 is 0 Å². The first-order chi connectivity index (χ1) is 9.81. The minimum atomic E-state index is -4.28. The lowest BCUT2D eigenvalue weighted by Gasteiger charge is -2.16. The van der Waals surface area contributed by atoms with Crippen LogP contribution in [0.4, 0.5) is 23.2 Å². The fourth-order valence-electron chi connectivity index (χ4n) is 1.83. The molecule has 112 valence electrons. The lowest BCUT2D eigenvalue weighted by molar-refractivity contribution is -0.123. The number of halogens is 4. The predicted octanol–water partition coefficient (Wildman–Crippen LogP) is 3.05. The zero-order valence-corrected chi connectivity index (χ0v) is 10.7. The molecule has 0 spiro atoms. The molecular weight excluding hydrogens is 288 g/mol. The monoisotopic (exact) mass is 300 g/mol. The topological polar surface area (TPSA) is 55.1 Å². The minimum Gasteiger partial charge on any atom is -0.398 e. The highest BCUT2D eigenvalue weighted by Crippen LogP contribution is 2.24. The molecule has 2 rings (SSSR count). The number of hydrogen-bond acceptors (Lipinski definition) is 2. The third-order valence-corrected chi connectivity index (χ3v) is 2.97. The lowest BCUT2D eigenvalue weighted by atomic mass is 10.0. The fourth-order valence-corrected chi connectivity index (χ4v) is 1.83. The molecule has 0 radical (unpaired) electrons. The smallest absolute Gasteiger partial charge is 0.324 e. The molecule has 0 saturated heterocycles. The van der Waals surface area contributed by atoms with E-state index < -0.39 is 24.8 Å². The number of nitrogens with one attached hydrogen (secondary N) is 1. The molecule has 0 bridgehead atoms. The maximum absolute atomic E-state index is 12.8. The van der Waals surface area contributed by atoms with Crippen LogP contribution in [-0.4, -0.2) is 24.8 Å². The van der Waals surface area contributed by atoms with Crippen LogP contribution in [0.3, 0.4) is 0 Å². The molecule has 0 unspecified atom stereocenters. The number of anilines is 1. The van der Waals surface area contributed by atoms with Gasteiger partial charge in [0.05, 0.1) is 12.1 Å². The van der Waals surface area contributed by atoms with E-state index in [1.54, 1.807) is 29.6 Å². The molecule has 0 fully saturated rings. The summed E-state index contributed by atoms with van der Waals surface area (Å²) in [6.45, 7) is -1.45. The molecule has 1 amide bonds. The Morgan fingerprint density at radius 1 is 1.19 bits per heavy atom. The second-order valence-electron chi connectivity index (χ2n) is 4.53. The van der Waals surface area contributed by atoms with Gasteiger partial charge in [0.25, 0.3) is 5.91 Å². The molecule has 7 heteroatoms. The van der Waals surface area contributed by atoms with Gasteiger partial charge in [-0.3, -0.25) is 4.79 Å². The molecule has 0 saturated carbocycles. The summed E-state index contributed by atoms with van der Waals surface area (Å²) in [6.07, 6.45) is -3.84. The van der Waals surface area contributed by atoms with Crippen molar-refractivity contribution in [2.75, 3.05) is 12.3 Å². The van der Waals surface area contributed by atoms with Gasteiger partial charge in [0.2, 0.25) is 0 Å². The molecule has 0 aliphatic rings. The quantitative estimate of drug-likeness (QED) is 0.673. The molecule has 2 aromatic rings. The van der Waals surface area contributed by atoms with Crippen molar-refractivity contribution in [2.24, 2.45) is 0 Å². The van der Waals surface area contributed by atoms with Gasteiger partial charge >= 0.3 is 12.3 Å². The van der Waals surface area contributed by atoms with Crippen molar-refractivity contribution in [1.82, 2.24) is 5.32 Å². The number of amides is 1. The number of nitrogens with two attached hydrogens (primary N) is 1. The highest BCUT2D eigenvalue weighted by atomic mass is 19.3. The second-order valence-corrected chi connectivity index (χ2v) is 4.53. The molecule has 0 aromatic heterocycles. The third kappa shape index (κ3) is 3.24. The van der Waals surface area contributed by atoms with E-state index in [0.717, 1.165) is 5.39 Å². The highest BCUT2D eigenvalue weighted by Gasteiger charge is 2.40. The fraction of sp³-hybridized carbons (Fsp3) is 0.214. The molecule has 0 heterocycles. The van der Waals surface area contributed by atoms with Crippen LogP contribution in [0.2, 0.25) is 0 Å². The van der Waals surface area contributed by atoms with Crippen molar-refractivity contribution in [3.8, 4) is 0 Å². The average molecular weight is 300 g/mol. The number of carbonyl (C=O) groups is 1. The van der Waals surface area contributed by atoms with Gasteiger partial charge in [-0.25, -0.2) is 8.78 Å². The van der Waals surface area contributed by atoms with E-state index in [9.17, 15) is 22.4 Å². The first kappa shape index (κ1) is 15.1. The van der Waals surface area contributed by atoms with Crippen LogP contribution in [0.25, 0.3) is 10.8 Å². The number of hydrogen-bond donors (Lipinski definition) is 2. The maximum atomic E-state index is 12.8. The third-order valence-electron chi connectivity index (χ3n) is 2.97. The van der Waals surface area contributed by atoms with Crippen LogP contribution in [0.5, 0.6) is 0 Å². The van der Waals surface area contributed by atoms with E-state index in [-0.39, 0.29) is 11.3 Å². The molecule has 3 nitrogen and oxygen atoms in total. The Morgan fingerprint density at radius 3 is 2.33 bits per heavy atom. The number of fused-ring (bicyclic) bond motifs is 1. The van der Waals surface area contributed by atoms with Crippen LogP contribution < -0.4 is 11.1 Å². The molecule has 3 N–H and O–H groups in total. The summed E-state index contributed by atoms with van der Waals surface area (Å²) in [5.74, 6) is -5.19. The molecule has 0 atom stereocenters. The SMILES string of the molecule is Nc1cc2ccccc2cc1C(=O)NCC(F)(F)C(F)F. The number of nitrogen functional groups attached to an aromatic ring is 1. The van der Waals surface area contributed by atoms with Crippen molar-refractivity contribution in [2.45, 2.75) is 12.3 Å². The van der Waals surface area contributed by atoms with Gasteiger partial charge in [-0.05, 0) is 22.9 Å². The van der Waals surface area contributed by atoms with Gasteiger partial charge < -0.3 is 11.1 Å². The summed E-state index contributed by atoms with van der Waals surface area (Å²) >= 11 is 0. The van der Waals surface area contributed by atoms with Crippen molar-refractivity contribution in [3.63, 3.8) is 0 Å². The number of carbonyl (C=O) groups excluding carboxylic acids is 1. The van der Waals surface area contributed by atoms with Crippen LogP contribution in [0.15, 0.2) is 36.4 Å². The van der Waals surface area contributed by atoms with E-state index >= 15 is 0 Å². The van der Waals surface area contributed by atoms with Gasteiger partial charge in [0, 0.05) is 5.69 Å². The van der Waals surface area contributed by atoms with Crippen molar-refractivity contribution in [3.05, 3.63) is 42.0 Å². The molecular formula is C14H12F4N2O. The van der Waals surface area contributed by atoms with Crippen molar-refractivity contribution >= 4 is 22.4 Å². The Hall–Kier alpha value is -2.31. The Morgan fingerprint density at radius 2 is 1.76 bits per heavy atom. The Kier molecular flexibility index (Phi) is 4.02. The zero-order valence-electron chi connectivity index (χ0n) is 10.7. The molecule has 2 aromatic carbocycles. The maximum Gasteiger partial charge on any atom is 0.324 e. The zero-order chi connectivity index (χ0) is 15.6. The Balaban J connectivity index is 2.21. The van der Waals surface area contributed by atoms with Crippen molar-refractivity contribution < 1.29 is 22.4 Å². The van der Waals surface area contributed by atoms with Gasteiger partial charge in [0.15, 0.2) is 0 Å². The predicted molar refractivity (Wildman–Crippen MR) is 71.6 cm³/mol. The van der Waals surface area contributed by atoms with Crippen LogP contribution in [-0.2, 0) is 0 Å². The molecule has 0 aliphatic heterocycles. The van der Waals surface area contributed by atoms with Crippen LogP contribution in [0, 0.1) is 0 Å². The van der Waals surface area contributed by atoms with E-state index in [2.05, 4.69) is 0 Å². The minimum absolute atomic E-state index is 0.0289. The number of rotatable bonds is 4. The summed E-state index contributed by atoms with van der Waals surface area (Å²) in [5.41, 5.74) is 5.75. The molecule has 0 aliphatic carbocycles. The Bertz CT molecular complexity index is 673. The standard InChI is InChI=1S/C14H12F4N2O/c15-13(16)14(17,18)7-20-12(21)10-5-8-3-1-2-4-9(8)6-11(10)19/h1-6,13H,7,19H2,(H,20,21). The Labute approximate surface area is 117 Å². The van der Waals surface area contributed by atoms with Gasteiger partial charge in [-0.15, -0.1) is 0 Å². The van der Waals surface area contributed by atoms with E-state index in [0.29, 0.717) is 5.39 Å². The van der Waals surface area contributed by atoms with E-state index in [1.165, 1.54) is 12.1 Å². The average Bonchev–Trinajstić information content (AvgIpc) is 2.44. The van der Waals surface area contributed by atoms with E-state index in [4.69, 9.17) is 5.73 Å². The lowest BCUT2D eigenvalue weighted by Crippen LogP contribution is -2.41. The normalized spacial score (nSPS) is 11.9. The second kappa shape index (κ2) is 5.59. The first-order valence-corrected chi connectivity index (χ1v) is 6.04. The highest BCUT2D eigenvalue weighted by molar-refractivity contribution is 6.03. The number of alkyl halides is 4. The largest absolute Gasteiger partial charge is 0.398 e. The van der Waals surface area contributed by atoms with Crippen LogP contribution in [0.1, 0.15) is 10.4 Å². The summed E-state index contributed by atoms with van der Waals surface area (Å²) in [6, 6.07) is 9.98. The summed E-state index contributed by atoms with van der Waals surface area (Å²) in [7, 11) is 0. The number of benzene rings is 2. The van der Waals surface area contributed by atoms with Gasteiger partial charge in [0.1, 0.15) is 0 Å². The van der Waals surface area contributed by atoms with E-state index in [1.807, 2.05) is 0 Å². The summed E-state index contributed by atoms with van der Waals surface area (Å²) < 4.78 is 49.6.